The Balaban J connectivity index is 1.74. The van der Waals surface area contributed by atoms with E-state index in [2.05, 4.69) is 23.8 Å². The minimum Gasteiger partial charge on any atom is -0.466 e. The zero-order valence-corrected chi connectivity index (χ0v) is 18.8. The molecule has 7 nitrogen and oxygen atoms in total. The molecule has 0 radical (unpaired) electrons. The lowest BCUT2D eigenvalue weighted by molar-refractivity contribution is -0.144. The smallest absolute Gasteiger partial charge is 0.306 e. The van der Waals surface area contributed by atoms with Crippen molar-refractivity contribution in [3.05, 3.63) is 54.1 Å². The van der Waals surface area contributed by atoms with Gasteiger partial charge in [-0.2, -0.15) is 0 Å². The molecule has 3 aromatic rings. The van der Waals surface area contributed by atoms with Crippen LogP contribution in [-0.2, 0) is 9.53 Å². The van der Waals surface area contributed by atoms with E-state index in [-0.39, 0.29) is 23.7 Å². The number of ether oxygens (including phenoxy) is 1. The van der Waals surface area contributed by atoms with Crippen LogP contribution in [-0.4, -0.2) is 51.5 Å². The third-order valence-corrected chi connectivity index (χ3v) is 5.53. The van der Waals surface area contributed by atoms with Crippen LogP contribution in [0.4, 0.5) is 0 Å². The van der Waals surface area contributed by atoms with Gasteiger partial charge in [-0.1, -0.05) is 13.8 Å². The number of nitrogens with zero attached hydrogens (tertiary/aromatic N) is 4. The van der Waals surface area contributed by atoms with Crippen LogP contribution in [0.5, 0.6) is 0 Å². The first-order valence-electron chi connectivity index (χ1n) is 10.6. The monoisotopic (exact) mass is 422 g/mol. The van der Waals surface area contributed by atoms with E-state index in [0.717, 1.165) is 22.5 Å². The van der Waals surface area contributed by atoms with Gasteiger partial charge in [0.2, 0.25) is 0 Å². The minimum atomic E-state index is -0.218. The van der Waals surface area contributed by atoms with E-state index in [9.17, 15) is 9.59 Å². The summed E-state index contributed by atoms with van der Waals surface area (Å²) in [4.78, 5) is 35.2. The van der Waals surface area contributed by atoms with Gasteiger partial charge in [0.25, 0.3) is 5.91 Å². The fourth-order valence-corrected chi connectivity index (χ4v) is 3.73. The lowest BCUT2D eigenvalue weighted by atomic mass is 9.92. The number of rotatable bonds is 8. The Morgan fingerprint density at radius 3 is 2.52 bits per heavy atom. The maximum atomic E-state index is 13.0. The van der Waals surface area contributed by atoms with Crippen LogP contribution in [0.1, 0.15) is 43.4 Å². The van der Waals surface area contributed by atoms with E-state index in [4.69, 9.17) is 4.74 Å². The fourth-order valence-electron chi connectivity index (χ4n) is 3.73. The zero-order chi connectivity index (χ0) is 22.5. The molecule has 164 valence electrons. The van der Waals surface area contributed by atoms with Crippen molar-refractivity contribution in [2.45, 2.75) is 34.1 Å². The lowest BCUT2D eigenvalue weighted by Crippen LogP contribution is -2.34. The van der Waals surface area contributed by atoms with Gasteiger partial charge >= 0.3 is 5.97 Å². The molecule has 31 heavy (non-hydrogen) atoms. The quantitative estimate of drug-likeness (QED) is 0.512. The van der Waals surface area contributed by atoms with E-state index in [1.807, 2.05) is 41.8 Å². The summed E-state index contributed by atoms with van der Waals surface area (Å²) in [7, 11) is 1.78. The van der Waals surface area contributed by atoms with Crippen molar-refractivity contribution in [1.29, 1.82) is 0 Å². The molecule has 0 aliphatic carbocycles. The normalized spacial score (nSPS) is 12.2. The van der Waals surface area contributed by atoms with Crippen molar-refractivity contribution in [2.75, 3.05) is 20.2 Å². The summed E-state index contributed by atoms with van der Waals surface area (Å²) in [5.41, 5.74) is 3.35. The Bertz CT molecular complexity index is 1060. The van der Waals surface area contributed by atoms with Crippen LogP contribution in [0.3, 0.4) is 0 Å². The molecule has 0 saturated carbocycles. The van der Waals surface area contributed by atoms with Crippen LogP contribution in [0.2, 0.25) is 0 Å². The molecule has 0 spiro atoms. The summed E-state index contributed by atoms with van der Waals surface area (Å²) < 4.78 is 7.13. The largest absolute Gasteiger partial charge is 0.466 e. The highest BCUT2D eigenvalue weighted by atomic mass is 16.5. The highest BCUT2D eigenvalue weighted by molar-refractivity contribution is 5.94. The van der Waals surface area contributed by atoms with Crippen LogP contribution in [0.15, 0.2) is 42.7 Å². The molecule has 3 rings (SSSR count). The summed E-state index contributed by atoms with van der Waals surface area (Å²) in [5, 5.41) is 0. The van der Waals surface area contributed by atoms with Gasteiger partial charge in [-0.15, -0.1) is 0 Å². The number of aryl methyl sites for hydroxylation is 1. The average molecular weight is 423 g/mol. The summed E-state index contributed by atoms with van der Waals surface area (Å²) in [6.45, 7) is 8.73. The summed E-state index contributed by atoms with van der Waals surface area (Å²) in [5.74, 6) is 0.870. The van der Waals surface area contributed by atoms with Gasteiger partial charge < -0.3 is 9.64 Å². The van der Waals surface area contributed by atoms with Gasteiger partial charge in [0.05, 0.1) is 24.7 Å². The number of hydrogen-bond donors (Lipinski definition) is 0. The molecule has 0 bridgehead atoms. The Morgan fingerprint density at radius 2 is 1.87 bits per heavy atom. The number of pyridine rings is 1. The van der Waals surface area contributed by atoms with E-state index in [0.29, 0.717) is 25.1 Å². The van der Waals surface area contributed by atoms with Crippen LogP contribution in [0.25, 0.3) is 16.7 Å². The second-order valence-electron chi connectivity index (χ2n) is 8.10. The molecular weight excluding hydrogens is 392 g/mol. The van der Waals surface area contributed by atoms with Gasteiger partial charge in [-0.05, 0) is 56.0 Å². The number of carbonyl (C=O) groups excluding carboxylic acids is 2. The molecule has 0 aliphatic heterocycles. The number of hydrogen-bond acceptors (Lipinski definition) is 5. The van der Waals surface area contributed by atoms with E-state index in [1.165, 1.54) is 0 Å². The molecule has 0 saturated heterocycles. The van der Waals surface area contributed by atoms with Gasteiger partial charge in [-0.25, -0.2) is 4.98 Å². The molecular formula is C24H30N4O3. The van der Waals surface area contributed by atoms with Crippen molar-refractivity contribution in [2.24, 2.45) is 11.8 Å². The number of aromatic nitrogens is 3. The highest BCUT2D eigenvalue weighted by Gasteiger charge is 2.23. The fraction of sp³-hybridized carbons (Fsp3) is 0.417. The van der Waals surface area contributed by atoms with E-state index in [1.54, 1.807) is 31.3 Å². The molecule has 1 atom stereocenters. The van der Waals surface area contributed by atoms with Crippen molar-refractivity contribution in [3.8, 4) is 5.69 Å². The summed E-state index contributed by atoms with van der Waals surface area (Å²) >= 11 is 0. The number of benzene rings is 1. The molecule has 2 heterocycles. The summed E-state index contributed by atoms with van der Waals surface area (Å²) in [6, 6.07) is 9.44. The molecule has 0 aliphatic rings. The van der Waals surface area contributed by atoms with Crippen molar-refractivity contribution >= 4 is 22.9 Å². The SMILES string of the molecule is CCOC(=O)CC(CN(C)C(=O)c1ccc(-n2c(C)nc3cnccc32)cc1)C(C)C. The van der Waals surface area contributed by atoms with E-state index >= 15 is 0 Å². The lowest BCUT2D eigenvalue weighted by Gasteiger charge is -2.26. The van der Waals surface area contributed by atoms with Crippen molar-refractivity contribution < 1.29 is 14.3 Å². The molecule has 0 N–H and O–H groups in total. The highest BCUT2D eigenvalue weighted by Crippen LogP contribution is 2.22. The van der Waals surface area contributed by atoms with Gasteiger partial charge in [-0.3, -0.25) is 19.1 Å². The number of imidazole rings is 1. The second-order valence-corrected chi connectivity index (χ2v) is 8.10. The third-order valence-electron chi connectivity index (χ3n) is 5.53. The Hall–Kier alpha value is -3.22. The topological polar surface area (TPSA) is 77.3 Å². The predicted molar refractivity (Wildman–Crippen MR) is 120 cm³/mol. The molecule has 7 heteroatoms. The molecule has 1 aromatic carbocycles. The number of amides is 1. The van der Waals surface area contributed by atoms with Crippen LogP contribution < -0.4 is 0 Å². The standard InChI is InChI=1S/C24H30N4O3/c1-6-31-23(29)13-19(16(2)3)15-27(5)24(30)18-7-9-20(10-8-18)28-17(4)26-21-14-25-12-11-22(21)28/h7-12,14,16,19H,6,13,15H2,1-5H3. The third kappa shape index (κ3) is 5.10. The van der Waals surface area contributed by atoms with Gasteiger partial charge in [0.15, 0.2) is 0 Å². The van der Waals surface area contributed by atoms with Gasteiger partial charge in [0.1, 0.15) is 11.3 Å². The Kier molecular flexibility index (Phi) is 7.05. The second kappa shape index (κ2) is 9.73. The number of esters is 1. The average Bonchev–Trinajstić information content (AvgIpc) is 3.08. The molecule has 0 fully saturated rings. The minimum absolute atomic E-state index is 0.0424. The van der Waals surface area contributed by atoms with Crippen LogP contribution in [0, 0.1) is 18.8 Å². The number of carbonyl (C=O) groups is 2. The van der Waals surface area contributed by atoms with Crippen LogP contribution >= 0.6 is 0 Å². The molecule has 2 aromatic heterocycles. The van der Waals surface area contributed by atoms with E-state index < -0.39 is 0 Å². The zero-order valence-electron chi connectivity index (χ0n) is 18.8. The number of fused-ring (bicyclic) bond motifs is 1. The predicted octanol–water partition coefficient (Wildman–Crippen LogP) is 4.03. The Morgan fingerprint density at radius 1 is 1.16 bits per heavy atom. The maximum Gasteiger partial charge on any atom is 0.306 e. The van der Waals surface area contributed by atoms with Crippen molar-refractivity contribution in [3.63, 3.8) is 0 Å². The van der Waals surface area contributed by atoms with Gasteiger partial charge in [0, 0.05) is 31.0 Å². The molecule has 1 unspecified atom stereocenters. The molecule has 1 amide bonds. The first kappa shape index (κ1) is 22.5. The first-order valence-corrected chi connectivity index (χ1v) is 10.6. The Labute approximate surface area is 183 Å². The first-order chi connectivity index (χ1) is 14.8. The summed E-state index contributed by atoms with van der Waals surface area (Å²) in [6.07, 6.45) is 3.80. The van der Waals surface area contributed by atoms with Crippen molar-refractivity contribution in [1.82, 2.24) is 19.4 Å². The maximum absolute atomic E-state index is 13.0.